The number of aromatic nitrogens is 3. The van der Waals surface area contributed by atoms with Crippen LogP contribution in [0.1, 0.15) is 10.4 Å². The molecule has 0 bridgehead atoms. The van der Waals surface area contributed by atoms with Crippen molar-refractivity contribution in [1.29, 1.82) is 0 Å². The SMILES string of the molecule is O=C(Nc1ccc2cn[nH]c2c1)c1ccc(Cl)nc1Cl. The Morgan fingerprint density at radius 1 is 1.20 bits per heavy atom. The minimum absolute atomic E-state index is 0.0672. The van der Waals surface area contributed by atoms with Gasteiger partial charge in [0, 0.05) is 11.1 Å². The predicted molar refractivity (Wildman–Crippen MR) is 78.3 cm³/mol. The van der Waals surface area contributed by atoms with Gasteiger partial charge in [-0.1, -0.05) is 23.2 Å². The van der Waals surface area contributed by atoms with E-state index in [4.69, 9.17) is 23.2 Å². The first-order valence-corrected chi connectivity index (χ1v) is 6.45. The second-order valence-corrected chi connectivity index (χ2v) is 4.84. The smallest absolute Gasteiger partial charge is 0.258 e. The second-order valence-electron chi connectivity index (χ2n) is 4.10. The third-order valence-electron chi connectivity index (χ3n) is 2.76. The molecule has 7 heteroatoms. The summed E-state index contributed by atoms with van der Waals surface area (Å²) in [5.41, 5.74) is 1.74. The largest absolute Gasteiger partial charge is 0.322 e. The number of hydrogen-bond donors (Lipinski definition) is 2. The highest BCUT2D eigenvalue weighted by atomic mass is 35.5. The Labute approximate surface area is 123 Å². The average Bonchev–Trinajstić information content (AvgIpc) is 2.85. The Bertz CT molecular complexity index is 800. The number of hydrogen-bond acceptors (Lipinski definition) is 3. The fraction of sp³-hybridized carbons (Fsp3) is 0. The number of nitrogens with one attached hydrogen (secondary N) is 2. The molecule has 0 unspecified atom stereocenters. The van der Waals surface area contributed by atoms with Crippen molar-refractivity contribution in [1.82, 2.24) is 15.2 Å². The van der Waals surface area contributed by atoms with E-state index in [9.17, 15) is 4.79 Å². The van der Waals surface area contributed by atoms with Crippen LogP contribution in [0.3, 0.4) is 0 Å². The number of pyridine rings is 1. The monoisotopic (exact) mass is 306 g/mol. The van der Waals surface area contributed by atoms with Crippen LogP contribution in [0.2, 0.25) is 10.3 Å². The van der Waals surface area contributed by atoms with Crippen LogP contribution in [0, 0.1) is 0 Å². The molecule has 0 spiro atoms. The van der Waals surface area contributed by atoms with E-state index in [0.717, 1.165) is 10.9 Å². The number of benzene rings is 1. The molecule has 0 saturated carbocycles. The molecule has 2 N–H and O–H groups in total. The summed E-state index contributed by atoms with van der Waals surface area (Å²) in [4.78, 5) is 15.9. The predicted octanol–water partition coefficient (Wildman–Crippen LogP) is 3.52. The Hall–Kier alpha value is -2.11. The van der Waals surface area contributed by atoms with E-state index in [2.05, 4.69) is 20.5 Å². The Balaban J connectivity index is 1.87. The molecule has 0 saturated heterocycles. The van der Waals surface area contributed by atoms with Crippen molar-refractivity contribution in [3.63, 3.8) is 0 Å². The summed E-state index contributed by atoms with van der Waals surface area (Å²) >= 11 is 11.6. The van der Waals surface area contributed by atoms with Gasteiger partial charge in [0.2, 0.25) is 0 Å². The van der Waals surface area contributed by atoms with E-state index in [1.54, 1.807) is 18.3 Å². The van der Waals surface area contributed by atoms with Crippen molar-refractivity contribution in [2.75, 3.05) is 5.32 Å². The summed E-state index contributed by atoms with van der Waals surface area (Å²) in [5, 5.41) is 10.8. The van der Waals surface area contributed by atoms with E-state index in [1.165, 1.54) is 12.1 Å². The summed E-state index contributed by atoms with van der Waals surface area (Å²) < 4.78 is 0. The maximum Gasteiger partial charge on any atom is 0.258 e. The second kappa shape index (κ2) is 5.11. The van der Waals surface area contributed by atoms with Crippen LogP contribution < -0.4 is 5.32 Å². The zero-order valence-electron chi connectivity index (χ0n) is 10.0. The molecule has 0 radical (unpaired) electrons. The van der Waals surface area contributed by atoms with Gasteiger partial charge in [0.1, 0.15) is 10.3 Å². The minimum Gasteiger partial charge on any atom is -0.322 e. The van der Waals surface area contributed by atoms with Crippen molar-refractivity contribution < 1.29 is 4.79 Å². The van der Waals surface area contributed by atoms with Gasteiger partial charge in [-0.3, -0.25) is 9.89 Å². The number of anilines is 1. The molecule has 0 fully saturated rings. The van der Waals surface area contributed by atoms with Crippen LogP contribution in [0.4, 0.5) is 5.69 Å². The van der Waals surface area contributed by atoms with Crippen LogP contribution in [-0.4, -0.2) is 21.1 Å². The number of rotatable bonds is 2. The number of halogens is 2. The molecule has 5 nitrogen and oxygen atoms in total. The van der Waals surface area contributed by atoms with Gasteiger partial charge in [-0.05, 0) is 30.3 Å². The third-order valence-corrected chi connectivity index (χ3v) is 3.26. The molecular weight excluding hydrogens is 299 g/mol. The molecule has 3 aromatic rings. The van der Waals surface area contributed by atoms with Gasteiger partial charge >= 0.3 is 0 Å². The van der Waals surface area contributed by atoms with Crippen LogP contribution in [-0.2, 0) is 0 Å². The topological polar surface area (TPSA) is 70.7 Å². The first kappa shape index (κ1) is 12.9. The molecule has 2 heterocycles. The van der Waals surface area contributed by atoms with Gasteiger partial charge < -0.3 is 5.32 Å². The fourth-order valence-electron chi connectivity index (χ4n) is 1.79. The van der Waals surface area contributed by atoms with Crippen molar-refractivity contribution in [3.05, 3.63) is 52.4 Å². The highest BCUT2D eigenvalue weighted by molar-refractivity contribution is 6.35. The van der Waals surface area contributed by atoms with E-state index in [-0.39, 0.29) is 21.8 Å². The molecule has 0 aliphatic rings. The molecule has 0 aliphatic carbocycles. The van der Waals surface area contributed by atoms with Crippen molar-refractivity contribution >= 4 is 45.7 Å². The summed E-state index contributed by atoms with van der Waals surface area (Å²) in [6.45, 7) is 0. The van der Waals surface area contributed by atoms with Gasteiger partial charge in [-0.15, -0.1) is 0 Å². The normalized spacial score (nSPS) is 10.7. The maximum atomic E-state index is 12.1. The number of carbonyl (C=O) groups excluding carboxylic acids is 1. The maximum absolute atomic E-state index is 12.1. The molecule has 3 rings (SSSR count). The molecule has 100 valence electrons. The summed E-state index contributed by atoms with van der Waals surface area (Å²) in [6.07, 6.45) is 1.71. The van der Waals surface area contributed by atoms with Crippen LogP contribution >= 0.6 is 23.2 Å². The Kier molecular flexibility index (Phi) is 3.30. The molecule has 20 heavy (non-hydrogen) atoms. The van der Waals surface area contributed by atoms with E-state index in [1.807, 2.05) is 6.07 Å². The van der Waals surface area contributed by atoms with Crippen LogP contribution in [0.5, 0.6) is 0 Å². The lowest BCUT2D eigenvalue weighted by Gasteiger charge is -2.06. The van der Waals surface area contributed by atoms with Gasteiger partial charge in [-0.2, -0.15) is 5.10 Å². The molecule has 1 aromatic carbocycles. The number of nitrogens with zero attached hydrogens (tertiary/aromatic N) is 2. The molecule has 0 aliphatic heterocycles. The minimum atomic E-state index is -0.349. The first-order chi connectivity index (χ1) is 9.63. The lowest BCUT2D eigenvalue weighted by atomic mass is 10.2. The number of carbonyl (C=O) groups is 1. The van der Waals surface area contributed by atoms with Gasteiger partial charge in [0.25, 0.3) is 5.91 Å². The molecule has 2 aromatic heterocycles. The van der Waals surface area contributed by atoms with E-state index in [0.29, 0.717) is 5.69 Å². The number of aromatic amines is 1. The summed E-state index contributed by atoms with van der Waals surface area (Å²) in [6, 6.07) is 8.48. The first-order valence-electron chi connectivity index (χ1n) is 5.70. The molecule has 0 atom stereocenters. The molecular formula is C13H8Cl2N4O. The Morgan fingerprint density at radius 3 is 2.85 bits per heavy atom. The number of fused-ring (bicyclic) bond motifs is 1. The van der Waals surface area contributed by atoms with E-state index < -0.39 is 0 Å². The summed E-state index contributed by atoms with van der Waals surface area (Å²) in [7, 11) is 0. The summed E-state index contributed by atoms with van der Waals surface area (Å²) in [5.74, 6) is -0.349. The Morgan fingerprint density at radius 2 is 2.05 bits per heavy atom. The number of H-pyrrole nitrogens is 1. The zero-order valence-corrected chi connectivity index (χ0v) is 11.5. The standard InChI is InChI=1S/C13H8Cl2N4O/c14-11-4-3-9(12(15)18-11)13(20)17-8-2-1-7-6-16-19-10(7)5-8/h1-6H,(H,16,19)(H,17,20). The highest BCUT2D eigenvalue weighted by Gasteiger charge is 2.12. The molecule has 1 amide bonds. The van der Waals surface area contributed by atoms with E-state index >= 15 is 0 Å². The lowest BCUT2D eigenvalue weighted by Crippen LogP contribution is -2.12. The quantitative estimate of drug-likeness (QED) is 0.712. The zero-order chi connectivity index (χ0) is 14.1. The van der Waals surface area contributed by atoms with Gasteiger partial charge in [0.05, 0.1) is 17.3 Å². The third kappa shape index (κ3) is 2.45. The highest BCUT2D eigenvalue weighted by Crippen LogP contribution is 2.20. The van der Waals surface area contributed by atoms with Gasteiger partial charge in [-0.25, -0.2) is 4.98 Å². The lowest BCUT2D eigenvalue weighted by molar-refractivity contribution is 0.102. The van der Waals surface area contributed by atoms with Crippen LogP contribution in [0.15, 0.2) is 36.5 Å². The van der Waals surface area contributed by atoms with Gasteiger partial charge in [0.15, 0.2) is 0 Å². The van der Waals surface area contributed by atoms with Crippen LogP contribution in [0.25, 0.3) is 10.9 Å². The van der Waals surface area contributed by atoms with Crippen molar-refractivity contribution in [2.24, 2.45) is 0 Å². The van der Waals surface area contributed by atoms with Crippen molar-refractivity contribution in [2.45, 2.75) is 0 Å². The average molecular weight is 307 g/mol. The number of amides is 1. The van der Waals surface area contributed by atoms with Crippen molar-refractivity contribution in [3.8, 4) is 0 Å². The fourth-order valence-corrected chi connectivity index (χ4v) is 2.23.